The van der Waals surface area contributed by atoms with E-state index in [4.69, 9.17) is 0 Å². The number of carbonyl (C=O) groups is 1. The highest BCUT2D eigenvalue weighted by atomic mass is 16.1. The molecule has 1 heterocycles. The predicted octanol–water partition coefficient (Wildman–Crippen LogP) is 2.76. The SMILES string of the molecule is CC(C)CNC(=O)c1ccc(C(C)(C)C)nc1. The van der Waals surface area contributed by atoms with E-state index in [9.17, 15) is 4.79 Å². The van der Waals surface area contributed by atoms with Crippen molar-refractivity contribution in [1.29, 1.82) is 0 Å². The molecule has 3 nitrogen and oxygen atoms in total. The van der Waals surface area contributed by atoms with E-state index in [0.717, 1.165) is 5.69 Å². The number of nitrogens with one attached hydrogen (secondary N) is 1. The van der Waals surface area contributed by atoms with Gasteiger partial charge in [-0.3, -0.25) is 9.78 Å². The monoisotopic (exact) mass is 234 g/mol. The first-order valence-corrected chi connectivity index (χ1v) is 6.05. The lowest BCUT2D eigenvalue weighted by atomic mass is 9.91. The first-order valence-electron chi connectivity index (χ1n) is 6.05. The average Bonchev–Trinajstić information content (AvgIpc) is 2.25. The zero-order valence-electron chi connectivity index (χ0n) is 11.4. The smallest absolute Gasteiger partial charge is 0.252 e. The number of carbonyl (C=O) groups excluding carboxylic acids is 1. The molecule has 0 aliphatic rings. The number of hydrogen-bond donors (Lipinski definition) is 1. The van der Waals surface area contributed by atoms with E-state index in [1.807, 2.05) is 12.1 Å². The van der Waals surface area contributed by atoms with Crippen LogP contribution in [0.1, 0.15) is 50.7 Å². The average molecular weight is 234 g/mol. The van der Waals surface area contributed by atoms with Crippen LogP contribution < -0.4 is 5.32 Å². The van der Waals surface area contributed by atoms with Gasteiger partial charge in [-0.1, -0.05) is 34.6 Å². The number of amides is 1. The van der Waals surface area contributed by atoms with Crippen molar-refractivity contribution >= 4 is 5.91 Å². The van der Waals surface area contributed by atoms with Gasteiger partial charge in [0.1, 0.15) is 0 Å². The van der Waals surface area contributed by atoms with Crippen molar-refractivity contribution in [2.24, 2.45) is 5.92 Å². The van der Waals surface area contributed by atoms with Crippen LogP contribution in [-0.4, -0.2) is 17.4 Å². The molecule has 0 aromatic carbocycles. The molecular formula is C14H22N2O. The normalized spacial score (nSPS) is 11.6. The Balaban J connectivity index is 2.71. The molecule has 0 unspecified atom stereocenters. The fraction of sp³-hybridized carbons (Fsp3) is 0.571. The third-order valence-corrected chi connectivity index (χ3v) is 2.46. The van der Waals surface area contributed by atoms with E-state index in [-0.39, 0.29) is 11.3 Å². The number of aromatic nitrogens is 1. The minimum atomic E-state index is -0.0494. The zero-order valence-corrected chi connectivity index (χ0v) is 11.4. The van der Waals surface area contributed by atoms with Crippen LogP contribution in [-0.2, 0) is 5.41 Å². The Morgan fingerprint density at radius 1 is 1.35 bits per heavy atom. The Kier molecular flexibility index (Phi) is 4.27. The molecule has 1 rings (SSSR count). The van der Waals surface area contributed by atoms with E-state index < -0.39 is 0 Å². The van der Waals surface area contributed by atoms with Gasteiger partial charge in [-0.05, 0) is 18.1 Å². The third-order valence-electron chi connectivity index (χ3n) is 2.46. The van der Waals surface area contributed by atoms with Crippen LogP contribution in [0.4, 0.5) is 0 Å². The number of nitrogens with zero attached hydrogens (tertiary/aromatic N) is 1. The largest absolute Gasteiger partial charge is 0.352 e. The standard InChI is InChI=1S/C14H22N2O/c1-10(2)8-16-13(17)11-6-7-12(15-9-11)14(3,4)5/h6-7,9-10H,8H2,1-5H3,(H,16,17). The molecular weight excluding hydrogens is 212 g/mol. The highest BCUT2D eigenvalue weighted by Gasteiger charge is 2.15. The van der Waals surface area contributed by atoms with Crippen molar-refractivity contribution in [3.05, 3.63) is 29.6 Å². The number of hydrogen-bond acceptors (Lipinski definition) is 2. The first kappa shape index (κ1) is 13.7. The Morgan fingerprint density at radius 3 is 2.41 bits per heavy atom. The molecule has 0 radical (unpaired) electrons. The fourth-order valence-electron chi connectivity index (χ4n) is 1.37. The van der Waals surface area contributed by atoms with Crippen LogP contribution >= 0.6 is 0 Å². The van der Waals surface area contributed by atoms with E-state index in [1.165, 1.54) is 0 Å². The Hall–Kier alpha value is -1.38. The van der Waals surface area contributed by atoms with Crippen LogP contribution in [0, 0.1) is 5.92 Å². The van der Waals surface area contributed by atoms with Crippen LogP contribution in [0.5, 0.6) is 0 Å². The van der Waals surface area contributed by atoms with E-state index >= 15 is 0 Å². The maximum absolute atomic E-state index is 11.8. The molecule has 94 valence electrons. The van der Waals surface area contributed by atoms with Crippen LogP contribution in [0.3, 0.4) is 0 Å². The summed E-state index contributed by atoms with van der Waals surface area (Å²) in [5.41, 5.74) is 1.64. The Morgan fingerprint density at radius 2 is 2.00 bits per heavy atom. The molecule has 0 aliphatic heterocycles. The summed E-state index contributed by atoms with van der Waals surface area (Å²) in [5, 5.41) is 2.88. The van der Waals surface area contributed by atoms with Crippen LogP contribution in [0.25, 0.3) is 0 Å². The summed E-state index contributed by atoms with van der Waals surface area (Å²) in [6.45, 7) is 11.2. The second-order valence-electron chi connectivity index (χ2n) is 5.79. The Bertz CT molecular complexity index is 374. The summed E-state index contributed by atoms with van der Waals surface area (Å²) in [5.74, 6) is 0.410. The maximum atomic E-state index is 11.8. The van der Waals surface area contributed by atoms with Gasteiger partial charge in [0.2, 0.25) is 0 Å². The molecule has 0 fully saturated rings. The quantitative estimate of drug-likeness (QED) is 0.873. The summed E-state index contributed by atoms with van der Waals surface area (Å²) in [7, 11) is 0. The van der Waals surface area contributed by atoms with Gasteiger partial charge in [0.05, 0.1) is 5.56 Å². The molecule has 1 amide bonds. The van der Waals surface area contributed by atoms with Gasteiger partial charge >= 0.3 is 0 Å². The summed E-state index contributed by atoms with van der Waals surface area (Å²) in [6, 6.07) is 3.76. The number of pyridine rings is 1. The highest BCUT2D eigenvalue weighted by Crippen LogP contribution is 2.19. The minimum Gasteiger partial charge on any atom is -0.352 e. The van der Waals surface area contributed by atoms with E-state index in [1.54, 1.807) is 6.20 Å². The predicted molar refractivity (Wildman–Crippen MR) is 70.1 cm³/mol. The van der Waals surface area contributed by atoms with Crippen LogP contribution in [0.15, 0.2) is 18.3 Å². The van der Waals surface area contributed by atoms with Crippen molar-refractivity contribution in [2.75, 3.05) is 6.54 Å². The highest BCUT2D eigenvalue weighted by molar-refractivity contribution is 5.93. The lowest BCUT2D eigenvalue weighted by Gasteiger charge is -2.17. The van der Waals surface area contributed by atoms with Gasteiger partial charge < -0.3 is 5.32 Å². The van der Waals surface area contributed by atoms with Gasteiger partial charge in [0, 0.05) is 23.9 Å². The summed E-state index contributed by atoms with van der Waals surface area (Å²) < 4.78 is 0. The summed E-state index contributed by atoms with van der Waals surface area (Å²) in [6.07, 6.45) is 1.65. The molecule has 3 heteroatoms. The zero-order chi connectivity index (χ0) is 13.1. The summed E-state index contributed by atoms with van der Waals surface area (Å²) in [4.78, 5) is 16.1. The van der Waals surface area contributed by atoms with Gasteiger partial charge in [0.25, 0.3) is 5.91 Å². The molecule has 0 atom stereocenters. The second-order valence-corrected chi connectivity index (χ2v) is 5.79. The van der Waals surface area contributed by atoms with Crippen LogP contribution in [0.2, 0.25) is 0 Å². The molecule has 17 heavy (non-hydrogen) atoms. The van der Waals surface area contributed by atoms with Crippen molar-refractivity contribution in [2.45, 2.75) is 40.0 Å². The molecule has 0 spiro atoms. The van der Waals surface area contributed by atoms with Gasteiger partial charge in [-0.15, -0.1) is 0 Å². The second kappa shape index (κ2) is 5.30. The van der Waals surface area contributed by atoms with Gasteiger partial charge in [-0.25, -0.2) is 0 Å². The summed E-state index contributed by atoms with van der Waals surface area (Å²) >= 11 is 0. The minimum absolute atomic E-state index is 0.0208. The van der Waals surface area contributed by atoms with Crippen molar-refractivity contribution in [3.63, 3.8) is 0 Å². The van der Waals surface area contributed by atoms with E-state index in [2.05, 4.69) is 44.9 Å². The van der Waals surface area contributed by atoms with Crippen molar-refractivity contribution in [1.82, 2.24) is 10.3 Å². The molecule has 0 saturated carbocycles. The fourth-order valence-corrected chi connectivity index (χ4v) is 1.37. The lowest BCUT2D eigenvalue weighted by molar-refractivity contribution is 0.0948. The van der Waals surface area contributed by atoms with Crippen molar-refractivity contribution in [3.8, 4) is 0 Å². The maximum Gasteiger partial charge on any atom is 0.252 e. The van der Waals surface area contributed by atoms with Crippen molar-refractivity contribution < 1.29 is 4.79 Å². The molecule has 0 aliphatic carbocycles. The molecule has 0 bridgehead atoms. The lowest BCUT2D eigenvalue weighted by Crippen LogP contribution is -2.27. The van der Waals surface area contributed by atoms with Gasteiger partial charge in [-0.2, -0.15) is 0 Å². The molecule has 1 N–H and O–H groups in total. The topological polar surface area (TPSA) is 42.0 Å². The molecule has 0 saturated heterocycles. The number of rotatable bonds is 3. The molecule has 1 aromatic heterocycles. The molecule has 1 aromatic rings. The van der Waals surface area contributed by atoms with Gasteiger partial charge in [0.15, 0.2) is 0 Å². The first-order chi connectivity index (χ1) is 7.80. The third kappa shape index (κ3) is 4.17. The Labute approximate surface area is 104 Å². The van der Waals surface area contributed by atoms with E-state index in [0.29, 0.717) is 18.0 Å².